The van der Waals surface area contributed by atoms with Crippen molar-refractivity contribution in [1.29, 1.82) is 0 Å². The zero-order chi connectivity index (χ0) is 26.7. The Bertz CT molecular complexity index is 1110. The minimum atomic E-state index is -3.60. The number of rotatable bonds is 14. The number of sulfonamides is 1. The van der Waals surface area contributed by atoms with Crippen LogP contribution < -0.4 is 14.4 Å². The standard InChI is InChI=1S/C26H36BrN3O5S/c1-5-6-17-28-26(32)20(2)29(19-21-13-15-22(27)16-14-21)25(31)12-9-18-30(36(4,33)34)23-10-7-8-11-24(23)35-3/h7-8,10-11,13-16,20H,5-6,9,12,17-19H2,1-4H3,(H,28,32)/t20-/m1/s1. The van der Waals surface area contributed by atoms with Crippen LogP contribution in [0.1, 0.15) is 45.1 Å². The van der Waals surface area contributed by atoms with Gasteiger partial charge in [-0.15, -0.1) is 0 Å². The molecule has 2 aromatic carbocycles. The van der Waals surface area contributed by atoms with Gasteiger partial charge in [-0.2, -0.15) is 0 Å². The number of carbonyl (C=O) groups excluding carboxylic acids is 2. The van der Waals surface area contributed by atoms with Crippen LogP contribution >= 0.6 is 15.9 Å². The Hall–Kier alpha value is -2.59. The number of amides is 2. The van der Waals surface area contributed by atoms with Gasteiger partial charge >= 0.3 is 0 Å². The Morgan fingerprint density at radius 3 is 2.36 bits per heavy atom. The normalized spacial score (nSPS) is 12.0. The summed E-state index contributed by atoms with van der Waals surface area (Å²) < 4.78 is 32.5. The van der Waals surface area contributed by atoms with Crippen molar-refractivity contribution in [1.82, 2.24) is 10.2 Å². The number of anilines is 1. The van der Waals surface area contributed by atoms with Crippen LogP contribution in [0.3, 0.4) is 0 Å². The minimum Gasteiger partial charge on any atom is -0.495 e. The highest BCUT2D eigenvalue weighted by molar-refractivity contribution is 9.10. The fraction of sp³-hybridized carbons (Fsp3) is 0.462. The molecule has 0 aliphatic carbocycles. The molecule has 0 heterocycles. The molecule has 0 aliphatic rings. The Morgan fingerprint density at radius 2 is 1.75 bits per heavy atom. The van der Waals surface area contributed by atoms with Gasteiger partial charge in [-0.3, -0.25) is 13.9 Å². The molecular formula is C26H36BrN3O5S. The lowest BCUT2D eigenvalue weighted by Gasteiger charge is -2.29. The predicted molar refractivity (Wildman–Crippen MR) is 146 cm³/mol. The lowest BCUT2D eigenvalue weighted by Crippen LogP contribution is -2.48. The highest BCUT2D eigenvalue weighted by Gasteiger charge is 2.27. The van der Waals surface area contributed by atoms with E-state index in [0.717, 1.165) is 29.1 Å². The summed E-state index contributed by atoms with van der Waals surface area (Å²) in [5, 5.41) is 2.90. The van der Waals surface area contributed by atoms with Crippen molar-refractivity contribution in [2.45, 2.75) is 52.1 Å². The molecule has 0 saturated carbocycles. The van der Waals surface area contributed by atoms with E-state index >= 15 is 0 Å². The van der Waals surface area contributed by atoms with Crippen molar-refractivity contribution in [2.24, 2.45) is 0 Å². The molecule has 0 fully saturated rings. The number of carbonyl (C=O) groups is 2. The van der Waals surface area contributed by atoms with Crippen LogP contribution in [0.2, 0.25) is 0 Å². The number of nitrogens with zero attached hydrogens (tertiary/aromatic N) is 2. The zero-order valence-corrected chi connectivity index (χ0v) is 23.8. The van der Waals surface area contributed by atoms with Gasteiger partial charge < -0.3 is 15.0 Å². The number of para-hydroxylation sites is 2. The van der Waals surface area contributed by atoms with Crippen LogP contribution in [0, 0.1) is 0 Å². The zero-order valence-electron chi connectivity index (χ0n) is 21.4. The van der Waals surface area contributed by atoms with Gasteiger partial charge in [0.1, 0.15) is 11.8 Å². The van der Waals surface area contributed by atoms with Crippen LogP contribution in [0.15, 0.2) is 53.0 Å². The fourth-order valence-corrected chi connectivity index (χ4v) is 4.96. The van der Waals surface area contributed by atoms with Crippen LogP contribution in [-0.4, -0.2) is 57.6 Å². The number of ether oxygens (including phenoxy) is 1. The lowest BCUT2D eigenvalue weighted by molar-refractivity contribution is -0.140. The van der Waals surface area contributed by atoms with Gasteiger partial charge in [-0.1, -0.05) is 53.5 Å². The van der Waals surface area contributed by atoms with Gasteiger partial charge in [0.2, 0.25) is 21.8 Å². The SMILES string of the molecule is CCCCNC(=O)[C@@H](C)N(Cc1ccc(Br)cc1)C(=O)CCCN(c1ccccc1OC)S(C)(=O)=O. The molecule has 0 unspecified atom stereocenters. The third-order valence-electron chi connectivity index (χ3n) is 5.77. The first kappa shape index (κ1) is 29.6. The van der Waals surface area contributed by atoms with Crippen molar-refractivity contribution < 1.29 is 22.7 Å². The van der Waals surface area contributed by atoms with Crippen LogP contribution in [-0.2, 0) is 26.2 Å². The molecule has 10 heteroatoms. The van der Waals surface area contributed by atoms with Crippen molar-refractivity contribution in [3.05, 3.63) is 58.6 Å². The molecule has 1 N–H and O–H groups in total. The number of hydrogen-bond donors (Lipinski definition) is 1. The van der Waals surface area contributed by atoms with E-state index in [-0.39, 0.29) is 37.7 Å². The summed E-state index contributed by atoms with van der Waals surface area (Å²) in [6.07, 6.45) is 3.32. The highest BCUT2D eigenvalue weighted by atomic mass is 79.9. The fourth-order valence-electron chi connectivity index (χ4n) is 3.72. The van der Waals surface area contributed by atoms with E-state index in [1.165, 1.54) is 11.4 Å². The molecule has 0 saturated heterocycles. The molecule has 2 aromatic rings. The van der Waals surface area contributed by atoms with E-state index in [1.807, 2.05) is 31.2 Å². The minimum absolute atomic E-state index is 0.0876. The number of methoxy groups -OCH3 is 1. The van der Waals surface area contributed by atoms with Gasteiger partial charge in [0.25, 0.3) is 0 Å². The molecule has 0 radical (unpaired) electrons. The topological polar surface area (TPSA) is 96.0 Å². The summed E-state index contributed by atoms with van der Waals surface area (Å²) in [5.74, 6) is 0.00808. The Balaban J connectivity index is 2.16. The van der Waals surface area contributed by atoms with Crippen molar-refractivity contribution in [3.63, 3.8) is 0 Å². The number of nitrogens with one attached hydrogen (secondary N) is 1. The third kappa shape index (κ3) is 8.81. The maximum atomic E-state index is 13.3. The Morgan fingerprint density at radius 1 is 1.08 bits per heavy atom. The van der Waals surface area contributed by atoms with Gasteiger partial charge in [-0.05, 0) is 49.6 Å². The van der Waals surface area contributed by atoms with E-state index < -0.39 is 16.1 Å². The number of hydrogen-bond acceptors (Lipinski definition) is 5. The van der Waals surface area contributed by atoms with Crippen molar-refractivity contribution in [2.75, 3.05) is 30.8 Å². The molecule has 2 rings (SSSR count). The molecule has 0 aromatic heterocycles. The quantitative estimate of drug-likeness (QED) is 0.335. The Labute approximate surface area is 223 Å². The van der Waals surface area contributed by atoms with Gasteiger partial charge in [0.15, 0.2) is 0 Å². The number of unbranched alkanes of at least 4 members (excludes halogenated alkanes) is 1. The first-order valence-corrected chi connectivity index (χ1v) is 14.6. The van der Waals surface area contributed by atoms with E-state index in [1.54, 1.807) is 36.1 Å². The lowest BCUT2D eigenvalue weighted by atomic mass is 10.1. The van der Waals surface area contributed by atoms with Gasteiger partial charge in [-0.25, -0.2) is 8.42 Å². The van der Waals surface area contributed by atoms with Crippen LogP contribution in [0.5, 0.6) is 5.75 Å². The smallest absolute Gasteiger partial charge is 0.242 e. The van der Waals surface area contributed by atoms with Crippen molar-refractivity contribution in [3.8, 4) is 5.75 Å². The largest absolute Gasteiger partial charge is 0.495 e. The summed E-state index contributed by atoms with van der Waals surface area (Å²) in [4.78, 5) is 27.6. The number of benzene rings is 2. The summed E-state index contributed by atoms with van der Waals surface area (Å²) in [6.45, 7) is 4.70. The van der Waals surface area contributed by atoms with Crippen LogP contribution in [0.4, 0.5) is 5.69 Å². The Kier molecular flexibility index (Phi) is 11.7. The summed E-state index contributed by atoms with van der Waals surface area (Å²) >= 11 is 3.41. The summed E-state index contributed by atoms with van der Waals surface area (Å²) in [7, 11) is -2.12. The molecule has 198 valence electrons. The first-order valence-electron chi connectivity index (χ1n) is 12.0. The highest BCUT2D eigenvalue weighted by Crippen LogP contribution is 2.29. The molecule has 36 heavy (non-hydrogen) atoms. The van der Waals surface area contributed by atoms with Crippen molar-refractivity contribution >= 4 is 43.5 Å². The summed E-state index contributed by atoms with van der Waals surface area (Å²) in [6, 6.07) is 13.8. The van der Waals surface area contributed by atoms with E-state index in [4.69, 9.17) is 4.74 Å². The van der Waals surface area contributed by atoms with E-state index in [0.29, 0.717) is 18.0 Å². The van der Waals surface area contributed by atoms with E-state index in [9.17, 15) is 18.0 Å². The molecule has 0 bridgehead atoms. The first-order chi connectivity index (χ1) is 17.1. The average Bonchev–Trinajstić information content (AvgIpc) is 2.85. The monoisotopic (exact) mass is 581 g/mol. The molecular weight excluding hydrogens is 546 g/mol. The number of halogens is 1. The maximum Gasteiger partial charge on any atom is 0.242 e. The second kappa shape index (κ2) is 14.2. The second-order valence-electron chi connectivity index (χ2n) is 8.58. The second-order valence-corrected chi connectivity index (χ2v) is 11.4. The molecule has 0 spiro atoms. The molecule has 0 aliphatic heterocycles. The molecule has 1 atom stereocenters. The van der Waals surface area contributed by atoms with E-state index in [2.05, 4.69) is 21.2 Å². The molecule has 2 amide bonds. The average molecular weight is 583 g/mol. The third-order valence-corrected chi connectivity index (χ3v) is 7.48. The maximum absolute atomic E-state index is 13.3. The predicted octanol–water partition coefficient (Wildman–Crippen LogP) is 4.34. The van der Waals surface area contributed by atoms with Gasteiger partial charge in [0, 0.05) is 30.5 Å². The van der Waals surface area contributed by atoms with Crippen LogP contribution in [0.25, 0.3) is 0 Å². The van der Waals surface area contributed by atoms with Gasteiger partial charge in [0.05, 0.1) is 19.1 Å². The summed E-state index contributed by atoms with van der Waals surface area (Å²) in [5.41, 5.74) is 1.32. The molecule has 8 nitrogen and oxygen atoms in total.